The van der Waals surface area contributed by atoms with E-state index in [-0.39, 0.29) is 5.91 Å². The van der Waals surface area contributed by atoms with E-state index in [1.807, 2.05) is 5.38 Å². The molecule has 4 heteroatoms. The van der Waals surface area contributed by atoms with Gasteiger partial charge < -0.3 is 5.73 Å². The molecule has 0 spiro atoms. The fourth-order valence-corrected chi connectivity index (χ4v) is 3.08. The van der Waals surface area contributed by atoms with Gasteiger partial charge in [-0.2, -0.15) is 0 Å². The van der Waals surface area contributed by atoms with Gasteiger partial charge in [-0.3, -0.25) is 4.79 Å². The molecule has 2 N–H and O–H groups in total. The highest BCUT2D eigenvalue weighted by atomic mass is 32.1. The van der Waals surface area contributed by atoms with Crippen molar-refractivity contribution in [3.63, 3.8) is 0 Å². The van der Waals surface area contributed by atoms with Crippen LogP contribution in [0.15, 0.2) is 11.6 Å². The molecule has 1 aromatic heterocycles. The van der Waals surface area contributed by atoms with Crippen molar-refractivity contribution in [1.29, 1.82) is 0 Å². The molecular formula is C10H14N2OS. The van der Waals surface area contributed by atoms with Gasteiger partial charge in [0.05, 0.1) is 0 Å². The van der Waals surface area contributed by atoms with Crippen LogP contribution in [-0.4, -0.2) is 10.9 Å². The molecule has 14 heavy (non-hydrogen) atoms. The van der Waals surface area contributed by atoms with Gasteiger partial charge in [-0.25, -0.2) is 4.98 Å². The first-order valence-corrected chi connectivity index (χ1v) is 5.83. The van der Waals surface area contributed by atoms with Gasteiger partial charge in [-0.05, 0) is 12.8 Å². The van der Waals surface area contributed by atoms with Crippen molar-refractivity contribution in [2.24, 2.45) is 5.73 Å². The number of thiazole rings is 1. The lowest BCUT2D eigenvalue weighted by Gasteiger charge is -2.32. The molecule has 76 valence electrons. The van der Waals surface area contributed by atoms with E-state index in [2.05, 4.69) is 4.98 Å². The Morgan fingerprint density at radius 1 is 1.43 bits per heavy atom. The topological polar surface area (TPSA) is 56.0 Å². The van der Waals surface area contributed by atoms with Gasteiger partial charge in [0.1, 0.15) is 10.4 Å². The number of nitrogens with zero attached hydrogens (tertiary/aromatic N) is 1. The van der Waals surface area contributed by atoms with Crippen molar-refractivity contribution < 1.29 is 4.79 Å². The average Bonchev–Trinajstić information content (AvgIpc) is 2.72. The Bertz CT molecular complexity index is 315. The molecule has 3 nitrogen and oxygen atoms in total. The van der Waals surface area contributed by atoms with Crippen LogP contribution in [-0.2, 0) is 10.2 Å². The van der Waals surface area contributed by atoms with Crippen LogP contribution in [0.3, 0.4) is 0 Å². The summed E-state index contributed by atoms with van der Waals surface area (Å²) in [4.78, 5) is 15.8. The summed E-state index contributed by atoms with van der Waals surface area (Å²) in [6.45, 7) is 0. The number of amides is 1. The molecule has 0 unspecified atom stereocenters. The van der Waals surface area contributed by atoms with Crippen LogP contribution in [0.2, 0.25) is 0 Å². The highest BCUT2D eigenvalue weighted by Crippen LogP contribution is 2.39. The zero-order chi connectivity index (χ0) is 10.0. The van der Waals surface area contributed by atoms with Crippen molar-refractivity contribution in [3.8, 4) is 0 Å². The zero-order valence-electron chi connectivity index (χ0n) is 8.03. The van der Waals surface area contributed by atoms with Gasteiger partial charge in [-0.1, -0.05) is 19.3 Å². The second-order valence-corrected chi connectivity index (χ2v) is 4.74. The van der Waals surface area contributed by atoms with Crippen LogP contribution in [0, 0.1) is 0 Å². The van der Waals surface area contributed by atoms with Gasteiger partial charge >= 0.3 is 0 Å². The molecule has 0 bridgehead atoms. The van der Waals surface area contributed by atoms with E-state index < -0.39 is 5.41 Å². The first-order chi connectivity index (χ1) is 6.76. The fourth-order valence-electron chi connectivity index (χ4n) is 2.18. The predicted molar refractivity (Wildman–Crippen MR) is 56.1 cm³/mol. The third-order valence-electron chi connectivity index (χ3n) is 3.02. The Hall–Kier alpha value is -0.900. The molecule has 0 saturated heterocycles. The maximum atomic E-state index is 11.6. The van der Waals surface area contributed by atoms with Crippen LogP contribution in [0.5, 0.6) is 0 Å². The predicted octanol–water partition coefficient (Wildman–Crippen LogP) is 1.83. The number of carbonyl (C=O) groups excluding carboxylic acids is 1. The van der Waals surface area contributed by atoms with E-state index in [1.165, 1.54) is 6.42 Å². The van der Waals surface area contributed by atoms with Gasteiger partial charge in [0.15, 0.2) is 0 Å². The molecule has 1 aliphatic carbocycles. The van der Waals surface area contributed by atoms with Crippen LogP contribution in [0.4, 0.5) is 0 Å². The third-order valence-corrected chi connectivity index (χ3v) is 4.00. The van der Waals surface area contributed by atoms with Crippen molar-refractivity contribution in [2.75, 3.05) is 0 Å². The molecule has 2 rings (SSSR count). The Kier molecular flexibility index (Phi) is 2.54. The van der Waals surface area contributed by atoms with Crippen molar-refractivity contribution >= 4 is 17.2 Å². The minimum Gasteiger partial charge on any atom is -0.369 e. The van der Waals surface area contributed by atoms with Crippen LogP contribution in [0.25, 0.3) is 0 Å². The molecule has 0 radical (unpaired) electrons. The molecule has 1 heterocycles. The average molecular weight is 210 g/mol. The summed E-state index contributed by atoms with van der Waals surface area (Å²) >= 11 is 1.54. The molecule has 1 fully saturated rings. The number of rotatable bonds is 2. The summed E-state index contributed by atoms with van der Waals surface area (Å²) in [5, 5.41) is 2.82. The summed E-state index contributed by atoms with van der Waals surface area (Å²) in [5.74, 6) is -0.202. The smallest absolute Gasteiger partial charge is 0.230 e. The summed E-state index contributed by atoms with van der Waals surface area (Å²) in [7, 11) is 0. The summed E-state index contributed by atoms with van der Waals surface area (Å²) in [6, 6.07) is 0. The number of carbonyl (C=O) groups is 1. The number of primary amides is 1. The molecule has 1 aliphatic rings. The van der Waals surface area contributed by atoms with Gasteiger partial charge in [-0.15, -0.1) is 11.3 Å². The van der Waals surface area contributed by atoms with Crippen molar-refractivity contribution in [2.45, 2.75) is 37.5 Å². The Balaban J connectivity index is 2.35. The summed E-state index contributed by atoms with van der Waals surface area (Å²) in [5.41, 5.74) is 5.07. The number of hydrogen-bond acceptors (Lipinski definition) is 3. The highest BCUT2D eigenvalue weighted by Gasteiger charge is 2.41. The number of nitrogens with two attached hydrogens (primary N) is 1. The lowest BCUT2D eigenvalue weighted by molar-refractivity contribution is -0.124. The number of hydrogen-bond donors (Lipinski definition) is 1. The standard InChI is InChI=1S/C10H14N2OS/c11-8(13)10(4-2-1-3-5-10)9-12-6-7-14-9/h6-7H,1-5H2,(H2,11,13). The van der Waals surface area contributed by atoms with E-state index in [0.29, 0.717) is 0 Å². The molecule has 1 aromatic rings. The minimum atomic E-state index is -0.452. The second-order valence-electron chi connectivity index (χ2n) is 3.84. The first-order valence-electron chi connectivity index (χ1n) is 4.95. The molecule has 1 amide bonds. The Morgan fingerprint density at radius 2 is 2.14 bits per heavy atom. The first kappa shape index (κ1) is 9.65. The number of aromatic nitrogens is 1. The fraction of sp³-hybridized carbons (Fsp3) is 0.600. The zero-order valence-corrected chi connectivity index (χ0v) is 8.85. The van der Waals surface area contributed by atoms with E-state index in [1.54, 1.807) is 17.5 Å². The van der Waals surface area contributed by atoms with Crippen molar-refractivity contribution in [1.82, 2.24) is 4.98 Å². The monoisotopic (exact) mass is 210 g/mol. The highest BCUT2D eigenvalue weighted by molar-refractivity contribution is 7.09. The summed E-state index contributed by atoms with van der Waals surface area (Å²) < 4.78 is 0. The lowest BCUT2D eigenvalue weighted by Crippen LogP contribution is -2.42. The quantitative estimate of drug-likeness (QED) is 0.809. The van der Waals surface area contributed by atoms with Gasteiger partial charge in [0, 0.05) is 11.6 Å². The van der Waals surface area contributed by atoms with Gasteiger partial charge in [0.2, 0.25) is 5.91 Å². The molecular weight excluding hydrogens is 196 g/mol. The molecule has 1 saturated carbocycles. The Morgan fingerprint density at radius 3 is 2.64 bits per heavy atom. The maximum Gasteiger partial charge on any atom is 0.230 e. The van der Waals surface area contributed by atoms with Gasteiger partial charge in [0.25, 0.3) is 0 Å². The Labute approximate surface area is 87.3 Å². The molecule has 0 aromatic carbocycles. The third kappa shape index (κ3) is 1.43. The van der Waals surface area contributed by atoms with E-state index >= 15 is 0 Å². The molecule has 0 atom stereocenters. The van der Waals surface area contributed by atoms with E-state index in [0.717, 1.165) is 30.7 Å². The largest absolute Gasteiger partial charge is 0.369 e. The van der Waals surface area contributed by atoms with Crippen LogP contribution in [0.1, 0.15) is 37.1 Å². The lowest BCUT2D eigenvalue weighted by atomic mass is 9.74. The summed E-state index contributed by atoms with van der Waals surface area (Å²) in [6.07, 6.45) is 6.87. The normalized spacial score (nSPS) is 20.6. The second kappa shape index (κ2) is 3.69. The SMILES string of the molecule is NC(=O)C1(c2nccs2)CCCCC1. The van der Waals surface area contributed by atoms with E-state index in [9.17, 15) is 4.79 Å². The van der Waals surface area contributed by atoms with E-state index in [4.69, 9.17) is 5.73 Å². The maximum absolute atomic E-state index is 11.6. The van der Waals surface area contributed by atoms with Crippen LogP contribution >= 0.6 is 11.3 Å². The van der Waals surface area contributed by atoms with Crippen LogP contribution < -0.4 is 5.73 Å². The van der Waals surface area contributed by atoms with Crippen molar-refractivity contribution in [3.05, 3.63) is 16.6 Å². The minimum absolute atomic E-state index is 0.202. The molecule has 0 aliphatic heterocycles.